The number of carbonyl (C=O) groups is 2. The average Bonchev–Trinajstić information content (AvgIpc) is 2.96. The maximum absolute atomic E-state index is 12.7. The third-order valence-corrected chi connectivity index (χ3v) is 6.33. The van der Waals surface area contributed by atoms with Crippen molar-refractivity contribution in [2.24, 2.45) is 5.73 Å². The molecule has 8 nitrogen and oxygen atoms in total. The highest BCUT2D eigenvalue weighted by Gasteiger charge is 2.25. The molecule has 0 saturated carbocycles. The highest BCUT2D eigenvalue weighted by Crippen LogP contribution is 2.21. The summed E-state index contributed by atoms with van der Waals surface area (Å²) in [4.78, 5) is 24.0. The van der Waals surface area contributed by atoms with Gasteiger partial charge in [0, 0.05) is 18.8 Å². The fourth-order valence-corrected chi connectivity index (χ4v) is 4.37. The number of nitriles is 1. The number of sulfonamides is 1. The molecule has 2 N–H and O–H groups in total. The molecule has 9 heteroatoms. The van der Waals surface area contributed by atoms with Gasteiger partial charge in [-0.1, -0.05) is 12.8 Å². The lowest BCUT2D eigenvalue weighted by Crippen LogP contribution is -2.31. The Labute approximate surface area is 164 Å². The SMILES string of the molecule is C/C(N)=C(/C#N)C(=O)COC(=O)c1ccc(S(=O)(=O)N2CCCCCC2)cc1. The van der Waals surface area contributed by atoms with Crippen molar-refractivity contribution in [3.05, 3.63) is 41.1 Å². The summed E-state index contributed by atoms with van der Waals surface area (Å²) in [6, 6.07) is 7.05. The van der Waals surface area contributed by atoms with E-state index >= 15 is 0 Å². The summed E-state index contributed by atoms with van der Waals surface area (Å²) in [6.07, 6.45) is 3.70. The van der Waals surface area contributed by atoms with Crippen LogP contribution in [0.2, 0.25) is 0 Å². The molecule has 150 valence electrons. The van der Waals surface area contributed by atoms with Crippen molar-refractivity contribution in [2.45, 2.75) is 37.5 Å². The Kier molecular flexibility index (Phi) is 7.31. The molecule has 1 saturated heterocycles. The van der Waals surface area contributed by atoms with Crippen LogP contribution in [0.15, 0.2) is 40.4 Å². The molecule has 0 radical (unpaired) electrons. The number of nitrogens with two attached hydrogens (primary N) is 1. The Balaban J connectivity index is 2.05. The third kappa shape index (κ3) is 5.18. The van der Waals surface area contributed by atoms with E-state index < -0.39 is 28.4 Å². The molecule has 0 spiro atoms. The Morgan fingerprint density at radius 3 is 2.21 bits per heavy atom. The normalized spacial score (nSPS) is 16.4. The molecule has 0 aliphatic carbocycles. The number of allylic oxidation sites excluding steroid dienone is 1. The van der Waals surface area contributed by atoms with Gasteiger partial charge in [-0.05, 0) is 44.0 Å². The van der Waals surface area contributed by atoms with E-state index in [1.807, 2.05) is 0 Å². The number of rotatable bonds is 6. The molecule has 1 fully saturated rings. The lowest BCUT2D eigenvalue weighted by Gasteiger charge is -2.19. The van der Waals surface area contributed by atoms with Gasteiger partial charge in [-0.15, -0.1) is 0 Å². The highest BCUT2D eigenvalue weighted by atomic mass is 32.2. The largest absolute Gasteiger partial charge is 0.454 e. The van der Waals surface area contributed by atoms with Crippen LogP contribution < -0.4 is 5.73 Å². The number of carbonyl (C=O) groups excluding carboxylic acids is 2. The molecule has 1 heterocycles. The van der Waals surface area contributed by atoms with E-state index in [0.29, 0.717) is 13.1 Å². The van der Waals surface area contributed by atoms with Crippen molar-refractivity contribution < 1.29 is 22.7 Å². The second-order valence-electron chi connectivity index (χ2n) is 6.51. The van der Waals surface area contributed by atoms with E-state index in [2.05, 4.69) is 0 Å². The first-order valence-corrected chi connectivity index (χ1v) is 10.4. The van der Waals surface area contributed by atoms with Crippen LogP contribution in [0, 0.1) is 11.3 Å². The lowest BCUT2D eigenvalue weighted by atomic mass is 10.1. The van der Waals surface area contributed by atoms with Crippen molar-refractivity contribution in [2.75, 3.05) is 19.7 Å². The van der Waals surface area contributed by atoms with Crippen LogP contribution in [-0.2, 0) is 19.6 Å². The maximum atomic E-state index is 12.7. The molecule has 0 aromatic heterocycles. The first-order valence-electron chi connectivity index (χ1n) is 8.94. The van der Waals surface area contributed by atoms with Gasteiger partial charge in [0.25, 0.3) is 0 Å². The molecule has 1 aromatic carbocycles. The number of ether oxygens (including phenoxy) is 1. The first-order chi connectivity index (χ1) is 13.3. The second kappa shape index (κ2) is 9.48. The van der Waals surface area contributed by atoms with Crippen molar-refractivity contribution in [3.63, 3.8) is 0 Å². The third-order valence-electron chi connectivity index (χ3n) is 4.41. The zero-order valence-electron chi connectivity index (χ0n) is 15.7. The van der Waals surface area contributed by atoms with E-state index in [-0.39, 0.29) is 21.7 Å². The monoisotopic (exact) mass is 405 g/mol. The number of hydrogen-bond acceptors (Lipinski definition) is 7. The summed E-state index contributed by atoms with van der Waals surface area (Å²) in [7, 11) is -3.61. The van der Waals surface area contributed by atoms with Gasteiger partial charge in [-0.2, -0.15) is 9.57 Å². The molecule has 1 aliphatic heterocycles. The topological polar surface area (TPSA) is 131 Å². The summed E-state index contributed by atoms with van der Waals surface area (Å²) in [5.74, 6) is -1.49. The summed E-state index contributed by atoms with van der Waals surface area (Å²) >= 11 is 0. The maximum Gasteiger partial charge on any atom is 0.338 e. The molecule has 0 amide bonds. The Hall–Kier alpha value is -2.70. The average molecular weight is 405 g/mol. The Bertz CT molecular complexity index is 902. The van der Waals surface area contributed by atoms with Crippen LogP contribution in [0.25, 0.3) is 0 Å². The number of ketones is 1. The van der Waals surface area contributed by atoms with E-state index in [9.17, 15) is 18.0 Å². The molecule has 2 rings (SSSR count). The molecular weight excluding hydrogens is 382 g/mol. The van der Waals surface area contributed by atoms with Gasteiger partial charge in [-0.25, -0.2) is 13.2 Å². The van der Waals surface area contributed by atoms with Gasteiger partial charge in [0.15, 0.2) is 6.61 Å². The van der Waals surface area contributed by atoms with Gasteiger partial charge in [-0.3, -0.25) is 4.79 Å². The summed E-state index contributed by atoms with van der Waals surface area (Å²) in [5, 5.41) is 8.87. The number of nitrogens with zero attached hydrogens (tertiary/aromatic N) is 2. The minimum atomic E-state index is -3.61. The van der Waals surface area contributed by atoms with Gasteiger partial charge in [0.2, 0.25) is 15.8 Å². The van der Waals surface area contributed by atoms with Crippen molar-refractivity contribution in [1.29, 1.82) is 5.26 Å². The van der Waals surface area contributed by atoms with E-state index in [0.717, 1.165) is 25.7 Å². The van der Waals surface area contributed by atoms with Crippen LogP contribution in [0.5, 0.6) is 0 Å². The smallest absolute Gasteiger partial charge is 0.338 e. The Morgan fingerprint density at radius 1 is 1.14 bits per heavy atom. The fraction of sp³-hybridized carbons (Fsp3) is 0.421. The second-order valence-corrected chi connectivity index (χ2v) is 8.45. The minimum Gasteiger partial charge on any atom is -0.454 e. The number of benzene rings is 1. The predicted molar refractivity (Wildman–Crippen MR) is 101 cm³/mol. The molecule has 0 bridgehead atoms. The summed E-state index contributed by atoms with van der Waals surface area (Å²) in [5.41, 5.74) is 5.33. The van der Waals surface area contributed by atoms with Crippen molar-refractivity contribution >= 4 is 21.8 Å². The molecule has 1 aliphatic rings. The van der Waals surface area contributed by atoms with Gasteiger partial charge in [0.05, 0.1) is 10.5 Å². The van der Waals surface area contributed by atoms with Crippen LogP contribution in [0.4, 0.5) is 0 Å². The fourth-order valence-electron chi connectivity index (χ4n) is 2.85. The quantitative estimate of drug-likeness (QED) is 0.433. The standard InChI is InChI=1S/C19H23N3O5S/c1-14(21)17(12-20)18(23)13-27-19(24)15-6-8-16(9-7-15)28(25,26)22-10-4-2-3-5-11-22/h6-9H,2-5,10-11,13,21H2,1H3/b17-14+. The van der Waals surface area contributed by atoms with Gasteiger partial charge in [0.1, 0.15) is 11.6 Å². The van der Waals surface area contributed by atoms with Crippen molar-refractivity contribution in [1.82, 2.24) is 4.31 Å². The highest BCUT2D eigenvalue weighted by molar-refractivity contribution is 7.89. The molecular formula is C19H23N3O5S. The van der Waals surface area contributed by atoms with Crippen LogP contribution >= 0.6 is 0 Å². The zero-order valence-corrected chi connectivity index (χ0v) is 16.5. The van der Waals surface area contributed by atoms with Gasteiger partial charge >= 0.3 is 5.97 Å². The van der Waals surface area contributed by atoms with E-state index in [4.69, 9.17) is 15.7 Å². The lowest BCUT2D eigenvalue weighted by molar-refractivity contribution is -0.118. The van der Waals surface area contributed by atoms with Crippen LogP contribution in [0.3, 0.4) is 0 Å². The van der Waals surface area contributed by atoms with E-state index in [1.165, 1.54) is 35.5 Å². The molecule has 28 heavy (non-hydrogen) atoms. The predicted octanol–water partition coefficient (Wildman–Crippen LogP) is 1.73. The molecule has 0 atom stereocenters. The van der Waals surface area contributed by atoms with Crippen molar-refractivity contribution in [3.8, 4) is 6.07 Å². The number of Topliss-reactive ketones (excluding diaryl/α,β-unsaturated/α-hetero) is 1. The number of esters is 1. The zero-order chi connectivity index (χ0) is 20.7. The molecule has 1 aromatic rings. The van der Waals surface area contributed by atoms with Gasteiger partial charge < -0.3 is 10.5 Å². The first kappa shape index (κ1) is 21.6. The van der Waals surface area contributed by atoms with Crippen LogP contribution in [0.1, 0.15) is 43.0 Å². The summed E-state index contributed by atoms with van der Waals surface area (Å²) in [6.45, 7) is 1.76. The molecule has 0 unspecified atom stereocenters. The summed E-state index contributed by atoms with van der Waals surface area (Å²) < 4.78 is 31.8. The number of hydrogen-bond donors (Lipinski definition) is 1. The Morgan fingerprint density at radius 2 is 1.71 bits per heavy atom. The minimum absolute atomic E-state index is 0.0478. The van der Waals surface area contributed by atoms with Crippen LogP contribution in [-0.4, -0.2) is 44.2 Å². The van der Waals surface area contributed by atoms with E-state index in [1.54, 1.807) is 6.07 Å².